The van der Waals surface area contributed by atoms with Gasteiger partial charge < -0.3 is 0 Å². The lowest BCUT2D eigenvalue weighted by atomic mass is 10.1. The molecule has 0 aliphatic carbocycles. The molecule has 0 radical (unpaired) electrons. The van der Waals surface area contributed by atoms with Gasteiger partial charge in [0, 0.05) is 18.0 Å². The smallest absolute Gasteiger partial charge is 0.123 e. The highest BCUT2D eigenvalue weighted by atomic mass is 19.1. The van der Waals surface area contributed by atoms with E-state index in [0.29, 0.717) is 0 Å². The van der Waals surface area contributed by atoms with Crippen LogP contribution in [0.15, 0.2) is 48.8 Å². The summed E-state index contributed by atoms with van der Waals surface area (Å²) in [5.74, 6) is -0.221. The molecular formula is C14H16FN. The van der Waals surface area contributed by atoms with E-state index in [-0.39, 0.29) is 5.82 Å². The Balaban J connectivity index is 0.000000386. The Kier molecular flexibility index (Phi) is 5.20. The summed E-state index contributed by atoms with van der Waals surface area (Å²) < 4.78 is 12.8. The summed E-state index contributed by atoms with van der Waals surface area (Å²) in [6, 6.07) is 10.2. The molecule has 2 heteroatoms. The van der Waals surface area contributed by atoms with Crippen molar-refractivity contribution < 1.29 is 4.39 Å². The maximum Gasteiger partial charge on any atom is 0.123 e. The first-order valence-electron chi connectivity index (χ1n) is 5.43. The molecule has 1 nitrogen and oxygen atoms in total. The van der Waals surface area contributed by atoms with Crippen molar-refractivity contribution >= 4 is 0 Å². The lowest BCUT2D eigenvalue weighted by Gasteiger charge is -1.99. The van der Waals surface area contributed by atoms with Crippen LogP contribution in [0.4, 0.5) is 4.39 Å². The highest BCUT2D eigenvalue weighted by Gasteiger charge is 1.97. The van der Waals surface area contributed by atoms with E-state index in [1.165, 1.54) is 18.6 Å². The van der Waals surface area contributed by atoms with E-state index in [9.17, 15) is 4.39 Å². The first-order valence-corrected chi connectivity index (χ1v) is 5.43. The fraction of sp³-hybridized carbons (Fsp3) is 0.214. The third kappa shape index (κ3) is 3.81. The second kappa shape index (κ2) is 6.72. The molecule has 0 saturated carbocycles. The van der Waals surface area contributed by atoms with Crippen molar-refractivity contribution in [3.8, 4) is 11.1 Å². The Morgan fingerprint density at radius 1 is 1.06 bits per heavy atom. The molecule has 1 aromatic heterocycles. The van der Waals surface area contributed by atoms with Gasteiger partial charge in [-0.25, -0.2) is 4.39 Å². The van der Waals surface area contributed by atoms with Gasteiger partial charge >= 0.3 is 0 Å². The summed E-state index contributed by atoms with van der Waals surface area (Å²) in [6.45, 7) is 4.25. The summed E-state index contributed by atoms with van der Waals surface area (Å²) in [6.07, 6.45) is 4.66. The van der Waals surface area contributed by atoms with Crippen molar-refractivity contribution in [3.63, 3.8) is 0 Å². The van der Waals surface area contributed by atoms with Crippen LogP contribution in [0.3, 0.4) is 0 Å². The molecule has 1 heterocycles. The number of halogens is 1. The molecule has 0 amide bonds. The van der Waals surface area contributed by atoms with Gasteiger partial charge in [0.1, 0.15) is 5.82 Å². The van der Waals surface area contributed by atoms with Crippen LogP contribution < -0.4 is 0 Å². The summed E-state index contributed by atoms with van der Waals surface area (Å²) in [7, 11) is 0. The minimum absolute atomic E-state index is 0.221. The molecule has 84 valence electrons. The maximum absolute atomic E-state index is 12.8. The van der Waals surface area contributed by atoms with Gasteiger partial charge in [-0.15, -0.1) is 0 Å². The monoisotopic (exact) mass is 217 g/mol. The third-order valence-electron chi connectivity index (χ3n) is 1.82. The van der Waals surface area contributed by atoms with Crippen molar-refractivity contribution in [1.29, 1.82) is 0 Å². The van der Waals surface area contributed by atoms with E-state index >= 15 is 0 Å². The van der Waals surface area contributed by atoms with Crippen molar-refractivity contribution in [2.24, 2.45) is 0 Å². The number of nitrogens with zero attached hydrogens (tertiary/aromatic N) is 1. The van der Waals surface area contributed by atoms with Crippen LogP contribution in [0.25, 0.3) is 11.1 Å². The SMILES string of the molecule is CCC.Fc1cccc(-c2cccnc2)c1. The molecule has 0 spiro atoms. The number of hydrogen-bond donors (Lipinski definition) is 0. The minimum Gasteiger partial charge on any atom is -0.264 e. The predicted octanol–water partition coefficient (Wildman–Crippen LogP) is 4.30. The summed E-state index contributed by atoms with van der Waals surface area (Å²) in [4.78, 5) is 3.97. The Labute approximate surface area is 96.0 Å². The van der Waals surface area contributed by atoms with Crippen LogP contribution in [-0.4, -0.2) is 4.98 Å². The summed E-state index contributed by atoms with van der Waals surface area (Å²) in [5.41, 5.74) is 1.79. The van der Waals surface area contributed by atoms with Crippen molar-refractivity contribution in [1.82, 2.24) is 4.98 Å². The van der Waals surface area contributed by atoms with E-state index in [0.717, 1.165) is 11.1 Å². The molecule has 0 atom stereocenters. The standard InChI is InChI=1S/C11H8FN.C3H8/c12-11-5-1-3-9(7-11)10-4-2-6-13-8-10;1-3-2/h1-8H;3H2,1-2H3. The summed E-state index contributed by atoms with van der Waals surface area (Å²) in [5, 5.41) is 0. The number of hydrogen-bond acceptors (Lipinski definition) is 1. The lowest BCUT2D eigenvalue weighted by molar-refractivity contribution is 0.628. The van der Waals surface area contributed by atoms with E-state index in [1.807, 2.05) is 18.2 Å². The zero-order chi connectivity index (χ0) is 11.8. The topological polar surface area (TPSA) is 12.9 Å². The zero-order valence-corrected chi connectivity index (χ0v) is 9.65. The number of pyridine rings is 1. The first-order chi connectivity index (χ1) is 7.77. The van der Waals surface area contributed by atoms with Crippen molar-refractivity contribution in [2.75, 3.05) is 0 Å². The van der Waals surface area contributed by atoms with Gasteiger partial charge in [-0.1, -0.05) is 38.5 Å². The van der Waals surface area contributed by atoms with Gasteiger partial charge in [-0.05, 0) is 23.8 Å². The van der Waals surface area contributed by atoms with Crippen molar-refractivity contribution in [3.05, 3.63) is 54.6 Å². The van der Waals surface area contributed by atoms with Crippen LogP contribution in [-0.2, 0) is 0 Å². The number of aromatic nitrogens is 1. The fourth-order valence-electron chi connectivity index (χ4n) is 1.20. The van der Waals surface area contributed by atoms with Gasteiger partial charge in [0.2, 0.25) is 0 Å². The minimum atomic E-state index is -0.221. The molecule has 2 aromatic rings. The third-order valence-corrected chi connectivity index (χ3v) is 1.82. The van der Waals surface area contributed by atoms with E-state index in [1.54, 1.807) is 18.5 Å². The highest BCUT2D eigenvalue weighted by molar-refractivity contribution is 5.61. The molecule has 0 saturated heterocycles. The second-order valence-electron chi connectivity index (χ2n) is 3.46. The molecule has 1 aromatic carbocycles. The Morgan fingerprint density at radius 3 is 2.31 bits per heavy atom. The Bertz CT molecular complexity index is 412. The molecule has 0 aliphatic rings. The molecule has 0 fully saturated rings. The second-order valence-corrected chi connectivity index (χ2v) is 3.46. The van der Waals surface area contributed by atoms with Gasteiger partial charge in [0.15, 0.2) is 0 Å². The Hall–Kier alpha value is -1.70. The van der Waals surface area contributed by atoms with Gasteiger partial charge in [0.25, 0.3) is 0 Å². The van der Waals surface area contributed by atoms with Crippen molar-refractivity contribution in [2.45, 2.75) is 20.3 Å². The molecule has 0 unspecified atom stereocenters. The van der Waals surface area contributed by atoms with Crippen LogP contribution in [0.1, 0.15) is 20.3 Å². The van der Waals surface area contributed by atoms with Crippen LogP contribution in [0.2, 0.25) is 0 Å². The largest absolute Gasteiger partial charge is 0.264 e. The average Bonchev–Trinajstić information content (AvgIpc) is 2.31. The highest BCUT2D eigenvalue weighted by Crippen LogP contribution is 2.17. The zero-order valence-electron chi connectivity index (χ0n) is 9.65. The first kappa shape index (κ1) is 12.4. The Morgan fingerprint density at radius 2 is 1.75 bits per heavy atom. The molecule has 0 bridgehead atoms. The van der Waals surface area contributed by atoms with E-state index < -0.39 is 0 Å². The average molecular weight is 217 g/mol. The van der Waals surface area contributed by atoms with Gasteiger partial charge in [-0.2, -0.15) is 0 Å². The quantitative estimate of drug-likeness (QED) is 0.693. The molecule has 0 aliphatic heterocycles. The lowest BCUT2D eigenvalue weighted by Crippen LogP contribution is -1.80. The maximum atomic E-state index is 12.8. The molecular weight excluding hydrogens is 201 g/mol. The fourth-order valence-corrected chi connectivity index (χ4v) is 1.20. The van der Waals surface area contributed by atoms with Crippen LogP contribution in [0.5, 0.6) is 0 Å². The van der Waals surface area contributed by atoms with E-state index in [4.69, 9.17) is 0 Å². The predicted molar refractivity (Wildman–Crippen MR) is 65.6 cm³/mol. The number of benzene rings is 1. The number of rotatable bonds is 1. The van der Waals surface area contributed by atoms with E-state index in [2.05, 4.69) is 18.8 Å². The molecule has 0 N–H and O–H groups in total. The summed E-state index contributed by atoms with van der Waals surface area (Å²) >= 11 is 0. The normalized spacial score (nSPS) is 9.19. The molecule has 2 rings (SSSR count). The molecule has 16 heavy (non-hydrogen) atoms. The van der Waals surface area contributed by atoms with Gasteiger partial charge in [0.05, 0.1) is 0 Å². The van der Waals surface area contributed by atoms with Crippen LogP contribution in [0, 0.1) is 5.82 Å². The van der Waals surface area contributed by atoms with Crippen LogP contribution >= 0.6 is 0 Å². The van der Waals surface area contributed by atoms with Gasteiger partial charge in [-0.3, -0.25) is 4.98 Å².